The van der Waals surface area contributed by atoms with E-state index in [0.717, 1.165) is 55.0 Å². The van der Waals surface area contributed by atoms with Gasteiger partial charge in [-0.2, -0.15) is 0 Å². The van der Waals surface area contributed by atoms with Crippen LogP contribution in [0.25, 0.3) is 11.4 Å². The Kier molecular flexibility index (Phi) is 4.00. The lowest BCUT2D eigenvalue weighted by Gasteiger charge is -2.06. The van der Waals surface area contributed by atoms with Crippen LogP contribution < -0.4 is 5.73 Å². The molecule has 4 rings (SSSR count). The van der Waals surface area contributed by atoms with Crippen molar-refractivity contribution in [2.45, 2.75) is 25.8 Å². The highest BCUT2D eigenvalue weighted by atomic mass is 16.2. The molecule has 3 heterocycles. The number of nitrogens with two attached hydrogens (primary N) is 1. The molecular weight excluding hydrogens is 328 g/mol. The summed E-state index contributed by atoms with van der Waals surface area (Å²) in [6, 6.07) is 7.75. The van der Waals surface area contributed by atoms with Gasteiger partial charge < -0.3 is 15.2 Å². The molecule has 0 saturated carbocycles. The molecule has 6 heteroatoms. The van der Waals surface area contributed by atoms with Gasteiger partial charge in [0.05, 0.1) is 5.69 Å². The zero-order valence-corrected chi connectivity index (χ0v) is 14.7. The van der Waals surface area contributed by atoms with Crippen molar-refractivity contribution in [2.24, 2.45) is 11.7 Å². The lowest BCUT2D eigenvalue weighted by Crippen LogP contribution is -2.21. The smallest absolute Gasteiger partial charge is 0.269 e. The van der Waals surface area contributed by atoms with Crippen molar-refractivity contribution < 1.29 is 9.59 Å². The minimum absolute atomic E-state index is 0.0887. The molecule has 1 fully saturated rings. The molecule has 1 aromatic heterocycles. The van der Waals surface area contributed by atoms with Crippen LogP contribution in [0.2, 0.25) is 0 Å². The summed E-state index contributed by atoms with van der Waals surface area (Å²) in [4.78, 5) is 29.8. The first kappa shape index (κ1) is 16.4. The van der Waals surface area contributed by atoms with Gasteiger partial charge in [-0.05, 0) is 31.4 Å². The van der Waals surface area contributed by atoms with Crippen LogP contribution in [-0.2, 0) is 17.8 Å². The quantitative estimate of drug-likeness (QED) is 0.834. The maximum absolute atomic E-state index is 12.0. The Balaban J connectivity index is 1.67. The first-order valence-corrected chi connectivity index (χ1v) is 8.81. The Hall–Kier alpha value is -3.07. The monoisotopic (exact) mass is 348 g/mol. The molecule has 2 aliphatic heterocycles. The third kappa shape index (κ3) is 2.76. The minimum Gasteiger partial charge on any atom is -0.364 e. The van der Waals surface area contributed by atoms with Crippen LogP contribution in [0.15, 0.2) is 24.3 Å². The molecule has 2 N–H and O–H groups in total. The molecular formula is C20H20N4O2. The van der Waals surface area contributed by atoms with Crippen molar-refractivity contribution in [2.75, 3.05) is 13.6 Å². The number of carbonyl (C=O) groups excluding carboxylic acids is 2. The first-order chi connectivity index (χ1) is 12.5. The van der Waals surface area contributed by atoms with Crippen molar-refractivity contribution in [3.63, 3.8) is 0 Å². The molecule has 1 saturated heterocycles. The standard InChI is InChI=1S/C20H20N4O2/c1-23-11-9-14(20(23)26)8-7-13-4-2-5-15(12-13)19-22-17(18(21)25)16-6-3-10-24(16)19/h2,4-5,12,14H,3,6,9-11H2,1H3,(H2,21,25). The fraction of sp³-hybridized carbons (Fsp3) is 0.350. The fourth-order valence-electron chi connectivity index (χ4n) is 3.67. The van der Waals surface area contributed by atoms with Crippen LogP contribution in [0, 0.1) is 17.8 Å². The number of nitrogens with zero attached hydrogens (tertiary/aromatic N) is 3. The number of fused-ring (bicyclic) bond motifs is 1. The van der Waals surface area contributed by atoms with Crippen molar-refractivity contribution in [1.82, 2.24) is 14.5 Å². The van der Waals surface area contributed by atoms with E-state index in [1.165, 1.54) is 0 Å². The summed E-state index contributed by atoms with van der Waals surface area (Å²) >= 11 is 0. The molecule has 0 bridgehead atoms. The molecule has 0 spiro atoms. The highest BCUT2D eigenvalue weighted by Gasteiger charge is 2.27. The molecule has 1 atom stereocenters. The molecule has 2 amide bonds. The Labute approximate surface area is 152 Å². The van der Waals surface area contributed by atoms with E-state index in [9.17, 15) is 9.59 Å². The van der Waals surface area contributed by atoms with Crippen LogP contribution >= 0.6 is 0 Å². The van der Waals surface area contributed by atoms with E-state index in [2.05, 4.69) is 21.4 Å². The van der Waals surface area contributed by atoms with Gasteiger partial charge in [0.1, 0.15) is 17.4 Å². The molecule has 6 nitrogen and oxygen atoms in total. The van der Waals surface area contributed by atoms with Crippen LogP contribution in [0.3, 0.4) is 0 Å². The van der Waals surface area contributed by atoms with E-state index < -0.39 is 5.91 Å². The van der Waals surface area contributed by atoms with E-state index in [-0.39, 0.29) is 11.8 Å². The van der Waals surface area contributed by atoms with Crippen molar-refractivity contribution in [1.29, 1.82) is 0 Å². The third-order valence-corrected chi connectivity index (χ3v) is 5.04. The van der Waals surface area contributed by atoms with E-state index in [0.29, 0.717) is 5.69 Å². The van der Waals surface area contributed by atoms with Gasteiger partial charge >= 0.3 is 0 Å². The number of imidazole rings is 1. The van der Waals surface area contributed by atoms with Crippen molar-refractivity contribution in [3.05, 3.63) is 41.2 Å². The van der Waals surface area contributed by atoms with Gasteiger partial charge in [-0.15, -0.1) is 0 Å². The molecule has 132 valence electrons. The molecule has 0 aliphatic carbocycles. The average Bonchev–Trinajstić information content (AvgIpc) is 3.30. The van der Waals surface area contributed by atoms with Crippen LogP contribution in [0.4, 0.5) is 0 Å². The maximum Gasteiger partial charge on any atom is 0.269 e. The Morgan fingerprint density at radius 2 is 2.19 bits per heavy atom. The fourth-order valence-corrected chi connectivity index (χ4v) is 3.67. The molecule has 1 aromatic carbocycles. The number of benzene rings is 1. The summed E-state index contributed by atoms with van der Waals surface area (Å²) in [5.74, 6) is 6.35. The van der Waals surface area contributed by atoms with E-state index in [1.54, 1.807) is 11.9 Å². The van der Waals surface area contributed by atoms with Crippen LogP contribution in [0.5, 0.6) is 0 Å². The summed E-state index contributed by atoms with van der Waals surface area (Å²) in [5, 5.41) is 0. The third-order valence-electron chi connectivity index (χ3n) is 5.04. The minimum atomic E-state index is -0.485. The van der Waals surface area contributed by atoms with E-state index in [4.69, 9.17) is 5.73 Å². The Bertz CT molecular complexity index is 964. The van der Waals surface area contributed by atoms with Crippen LogP contribution in [-0.4, -0.2) is 39.9 Å². The van der Waals surface area contributed by atoms with E-state index >= 15 is 0 Å². The highest BCUT2D eigenvalue weighted by molar-refractivity contribution is 5.93. The van der Waals surface area contributed by atoms with Crippen molar-refractivity contribution >= 4 is 11.8 Å². The summed E-state index contributed by atoms with van der Waals surface area (Å²) in [7, 11) is 1.81. The largest absolute Gasteiger partial charge is 0.364 e. The Morgan fingerprint density at radius 3 is 2.92 bits per heavy atom. The topological polar surface area (TPSA) is 81.2 Å². The lowest BCUT2D eigenvalue weighted by atomic mass is 10.1. The zero-order valence-electron chi connectivity index (χ0n) is 14.7. The number of primary amides is 1. The second-order valence-corrected chi connectivity index (χ2v) is 6.80. The second-order valence-electron chi connectivity index (χ2n) is 6.80. The van der Waals surface area contributed by atoms with Gasteiger partial charge in [0.15, 0.2) is 0 Å². The molecule has 0 radical (unpaired) electrons. The summed E-state index contributed by atoms with van der Waals surface area (Å²) in [6.45, 7) is 1.60. The van der Waals surface area contributed by atoms with Gasteiger partial charge in [0, 0.05) is 31.3 Å². The molecule has 2 aromatic rings. The SMILES string of the molecule is CN1CCC(C#Cc2cccc(-c3nc(C(N)=O)c4n3CCC4)c2)C1=O. The first-order valence-electron chi connectivity index (χ1n) is 8.81. The maximum atomic E-state index is 12.0. The van der Waals surface area contributed by atoms with Gasteiger partial charge in [-0.25, -0.2) is 4.98 Å². The zero-order chi connectivity index (χ0) is 18.3. The molecule has 26 heavy (non-hydrogen) atoms. The second kappa shape index (κ2) is 6.34. The predicted molar refractivity (Wildman–Crippen MR) is 97.1 cm³/mol. The van der Waals surface area contributed by atoms with Gasteiger partial charge in [0.2, 0.25) is 5.91 Å². The van der Waals surface area contributed by atoms with Crippen molar-refractivity contribution in [3.8, 4) is 23.2 Å². The number of carbonyl (C=O) groups is 2. The van der Waals surface area contributed by atoms with Crippen LogP contribution in [0.1, 0.15) is 34.6 Å². The lowest BCUT2D eigenvalue weighted by molar-refractivity contribution is -0.128. The number of aromatic nitrogens is 2. The number of amides is 2. The number of hydrogen-bond donors (Lipinski definition) is 1. The Morgan fingerprint density at radius 1 is 1.35 bits per heavy atom. The normalized spacial score (nSPS) is 18.6. The van der Waals surface area contributed by atoms with Gasteiger partial charge in [-0.1, -0.05) is 24.0 Å². The summed E-state index contributed by atoms with van der Waals surface area (Å²) < 4.78 is 2.07. The molecule has 1 unspecified atom stereocenters. The highest BCUT2D eigenvalue weighted by Crippen LogP contribution is 2.28. The summed E-state index contributed by atoms with van der Waals surface area (Å²) in [5.41, 5.74) is 8.50. The predicted octanol–water partition coefficient (Wildman–Crippen LogP) is 1.43. The average molecular weight is 348 g/mol. The van der Waals surface area contributed by atoms with Gasteiger partial charge in [-0.3, -0.25) is 9.59 Å². The summed E-state index contributed by atoms with van der Waals surface area (Å²) in [6.07, 6.45) is 2.59. The molecule has 2 aliphatic rings. The number of likely N-dealkylation sites (tertiary alicyclic amines) is 1. The number of rotatable bonds is 2. The number of hydrogen-bond acceptors (Lipinski definition) is 3. The van der Waals surface area contributed by atoms with E-state index in [1.807, 2.05) is 24.3 Å². The van der Waals surface area contributed by atoms with Gasteiger partial charge in [0.25, 0.3) is 5.91 Å².